The Morgan fingerprint density at radius 1 is 1.09 bits per heavy atom. The molecular formula is C25H29FN4O4. The summed E-state index contributed by atoms with van der Waals surface area (Å²) in [6.07, 6.45) is 0.591. The summed E-state index contributed by atoms with van der Waals surface area (Å²) in [7, 11) is 3.05. The number of nitrogens with two attached hydrogens (primary N) is 1. The van der Waals surface area contributed by atoms with Crippen LogP contribution in [0, 0.1) is 11.7 Å². The molecule has 2 aromatic carbocycles. The highest BCUT2D eigenvalue weighted by atomic mass is 19.1. The van der Waals surface area contributed by atoms with E-state index < -0.39 is 23.7 Å². The molecule has 0 bridgehead atoms. The number of carbonyl (C=O) groups excluding carboxylic acids is 2. The third-order valence-electron chi connectivity index (χ3n) is 5.22. The number of hydrogen-bond acceptors (Lipinski definition) is 5. The molecular weight excluding hydrogens is 439 g/mol. The van der Waals surface area contributed by atoms with Gasteiger partial charge in [0.1, 0.15) is 17.3 Å². The van der Waals surface area contributed by atoms with Gasteiger partial charge in [0.2, 0.25) is 5.91 Å². The molecule has 0 fully saturated rings. The average Bonchev–Trinajstić information content (AvgIpc) is 3.22. The summed E-state index contributed by atoms with van der Waals surface area (Å²) in [5.74, 6) is -0.197. The Balaban J connectivity index is 2.12. The van der Waals surface area contributed by atoms with Gasteiger partial charge in [-0.2, -0.15) is 5.10 Å². The topological polar surface area (TPSA) is 108 Å². The van der Waals surface area contributed by atoms with E-state index in [0.29, 0.717) is 34.9 Å². The highest BCUT2D eigenvalue weighted by molar-refractivity contribution is 5.94. The molecule has 0 saturated heterocycles. The van der Waals surface area contributed by atoms with Crippen LogP contribution >= 0.6 is 0 Å². The monoisotopic (exact) mass is 468 g/mol. The molecule has 0 radical (unpaired) electrons. The van der Waals surface area contributed by atoms with Gasteiger partial charge in [-0.05, 0) is 48.7 Å². The molecule has 2 amide bonds. The maximum absolute atomic E-state index is 14.0. The van der Waals surface area contributed by atoms with Crippen LogP contribution in [0.1, 0.15) is 37.2 Å². The molecule has 8 nitrogen and oxygen atoms in total. The summed E-state index contributed by atoms with van der Waals surface area (Å²) in [5.41, 5.74) is 6.90. The number of ether oxygens (including phenoxy) is 2. The predicted molar refractivity (Wildman–Crippen MR) is 127 cm³/mol. The largest absolute Gasteiger partial charge is 0.496 e. The van der Waals surface area contributed by atoms with Crippen LogP contribution in [0.3, 0.4) is 0 Å². The SMILES string of the molecule is COc1cccc(OC)c1-c1cc(C(=O)NC(CC(N)=O)CC(C)C)nn1-c1cccc(F)c1. The molecule has 1 aromatic heterocycles. The molecule has 1 atom stereocenters. The van der Waals surface area contributed by atoms with Crippen molar-refractivity contribution in [2.24, 2.45) is 11.7 Å². The normalized spacial score (nSPS) is 11.8. The number of carbonyl (C=O) groups is 2. The summed E-state index contributed by atoms with van der Waals surface area (Å²) in [5, 5.41) is 7.33. The van der Waals surface area contributed by atoms with E-state index in [1.54, 1.807) is 36.4 Å². The molecule has 3 aromatic rings. The maximum atomic E-state index is 14.0. The molecule has 0 aliphatic carbocycles. The van der Waals surface area contributed by atoms with E-state index in [0.717, 1.165) is 0 Å². The number of nitrogens with one attached hydrogen (secondary N) is 1. The van der Waals surface area contributed by atoms with Crippen molar-refractivity contribution in [1.82, 2.24) is 15.1 Å². The summed E-state index contributed by atoms with van der Waals surface area (Å²) in [6.45, 7) is 3.98. The Kier molecular flexibility index (Phi) is 7.88. The first-order chi connectivity index (χ1) is 16.2. The van der Waals surface area contributed by atoms with E-state index in [1.807, 2.05) is 13.8 Å². The number of methoxy groups -OCH3 is 2. The van der Waals surface area contributed by atoms with Gasteiger partial charge in [-0.25, -0.2) is 9.07 Å². The lowest BCUT2D eigenvalue weighted by Crippen LogP contribution is -2.39. The van der Waals surface area contributed by atoms with Crippen LogP contribution in [0.25, 0.3) is 16.9 Å². The van der Waals surface area contributed by atoms with Gasteiger partial charge < -0.3 is 20.5 Å². The van der Waals surface area contributed by atoms with Crippen molar-refractivity contribution in [2.75, 3.05) is 14.2 Å². The number of amides is 2. The quantitative estimate of drug-likeness (QED) is 0.472. The molecule has 0 aliphatic rings. The maximum Gasteiger partial charge on any atom is 0.272 e. The van der Waals surface area contributed by atoms with Gasteiger partial charge in [-0.15, -0.1) is 0 Å². The smallest absolute Gasteiger partial charge is 0.272 e. The van der Waals surface area contributed by atoms with Crippen LogP contribution in [-0.2, 0) is 4.79 Å². The lowest BCUT2D eigenvalue weighted by atomic mass is 10.0. The second-order valence-electron chi connectivity index (χ2n) is 8.31. The third-order valence-corrected chi connectivity index (χ3v) is 5.22. The Labute approximate surface area is 197 Å². The van der Waals surface area contributed by atoms with E-state index in [1.165, 1.54) is 31.0 Å². The standard InChI is InChI=1S/C25H29FN4O4/c1-15(2)11-17(13-23(27)31)28-25(32)19-14-20(24-21(33-3)9-6-10-22(24)34-4)30(29-19)18-8-5-7-16(26)12-18/h5-10,12,14-15,17H,11,13H2,1-4H3,(H2,27,31)(H,28,32). The van der Waals surface area contributed by atoms with Crippen molar-refractivity contribution in [3.8, 4) is 28.4 Å². The summed E-state index contributed by atoms with van der Waals surface area (Å²) in [6, 6.07) is 12.3. The van der Waals surface area contributed by atoms with Gasteiger partial charge in [0.25, 0.3) is 5.91 Å². The Morgan fingerprint density at radius 2 is 1.74 bits per heavy atom. The fourth-order valence-electron chi connectivity index (χ4n) is 3.84. The molecule has 0 saturated carbocycles. The van der Waals surface area contributed by atoms with Gasteiger partial charge in [0, 0.05) is 12.5 Å². The molecule has 1 heterocycles. The number of aromatic nitrogens is 2. The minimum atomic E-state index is -0.504. The second kappa shape index (κ2) is 10.8. The Morgan fingerprint density at radius 3 is 2.29 bits per heavy atom. The van der Waals surface area contributed by atoms with Crippen LogP contribution in [0.2, 0.25) is 0 Å². The predicted octanol–water partition coefficient (Wildman–Crippen LogP) is 3.72. The second-order valence-corrected chi connectivity index (χ2v) is 8.31. The highest BCUT2D eigenvalue weighted by Gasteiger charge is 2.24. The minimum absolute atomic E-state index is 0.0156. The Bertz CT molecular complexity index is 1150. The van der Waals surface area contributed by atoms with E-state index in [9.17, 15) is 14.0 Å². The number of hydrogen-bond donors (Lipinski definition) is 2. The summed E-state index contributed by atoms with van der Waals surface area (Å²) in [4.78, 5) is 24.6. The first-order valence-corrected chi connectivity index (χ1v) is 10.9. The number of primary amides is 1. The molecule has 180 valence electrons. The number of benzene rings is 2. The molecule has 34 heavy (non-hydrogen) atoms. The van der Waals surface area contributed by atoms with Crippen molar-refractivity contribution in [3.05, 3.63) is 60.0 Å². The van der Waals surface area contributed by atoms with Gasteiger partial charge in [0.15, 0.2) is 5.69 Å². The van der Waals surface area contributed by atoms with Gasteiger partial charge in [-0.1, -0.05) is 26.0 Å². The molecule has 0 spiro atoms. The van der Waals surface area contributed by atoms with Crippen LogP contribution in [0.15, 0.2) is 48.5 Å². The first kappa shape index (κ1) is 24.8. The molecule has 1 unspecified atom stereocenters. The van der Waals surface area contributed by atoms with Gasteiger partial charge >= 0.3 is 0 Å². The van der Waals surface area contributed by atoms with Crippen molar-refractivity contribution < 1.29 is 23.5 Å². The molecule has 9 heteroatoms. The van der Waals surface area contributed by atoms with Crippen molar-refractivity contribution in [2.45, 2.75) is 32.7 Å². The highest BCUT2D eigenvalue weighted by Crippen LogP contribution is 2.39. The van der Waals surface area contributed by atoms with Gasteiger partial charge in [-0.3, -0.25) is 9.59 Å². The number of halogens is 1. The van der Waals surface area contributed by atoms with Crippen molar-refractivity contribution in [3.63, 3.8) is 0 Å². The molecule has 3 rings (SSSR count). The average molecular weight is 469 g/mol. The minimum Gasteiger partial charge on any atom is -0.496 e. The van der Waals surface area contributed by atoms with E-state index in [4.69, 9.17) is 15.2 Å². The van der Waals surface area contributed by atoms with Crippen LogP contribution in [0.5, 0.6) is 11.5 Å². The molecule has 0 aliphatic heterocycles. The van der Waals surface area contributed by atoms with Crippen LogP contribution < -0.4 is 20.5 Å². The zero-order chi connectivity index (χ0) is 24.8. The molecule has 3 N–H and O–H groups in total. The zero-order valence-electron chi connectivity index (χ0n) is 19.7. The van der Waals surface area contributed by atoms with E-state index >= 15 is 0 Å². The third kappa shape index (κ3) is 5.72. The van der Waals surface area contributed by atoms with Crippen molar-refractivity contribution >= 4 is 11.8 Å². The fraction of sp³-hybridized carbons (Fsp3) is 0.320. The Hall–Kier alpha value is -3.88. The number of nitrogens with zero attached hydrogens (tertiary/aromatic N) is 2. The lowest BCUT2D eigenvalue weighted by molar-refractivity contribution is -0.118. The lowest BCUT2D eigenvalue weighted by Gasteiger charge is -2.18. The van der Waals surface area contributed by atoms with E-state index in [-0.39, 0.29) is 18.0 Å². The van der Waals surface area contributed by atoms with Crippen molar-refractivity contribution in [1.29, 1.82) is 0 Å². The van der Waals surface area contributed by atoms with Crippen LogP contribution in [0.4, 0.5) is 4.39 Å². The van der Waals surface area contributed by atoms with E-state index in [2.05, 4.69) is 10.4 Å². The van der Waals surface area contributed by atoms with Gasteiger partial charge in [0.05, 0.1) is 31.2 Å². The summed E-state index contributed by atoms with van der Waals surface area (Å²) < 4.78 is 26.6. The zero-order valence-corrected chi connectivity index (χ0v) is 19.7. The number of rotatable bonds is 10. The first-order valence-electron chi connectivity index (χ1n) is 10.9. The summed E-state index contributed by atoms with van der Waals surface area (Å²) >= 11 is 0. The van der Waals surface area contributed by atoms with Crippen LogP contribution in [-0.4, -0.2) is 41.9 Å². The fourth-order valence-corrected chi connectivity index (χ4v) is 3.84.